The summed E-state index contributed by atoms with van der Waals surface area (Å²) in [5.74, 6) is 1.77. The first kappa shape index (κ1) is 12.5. The SMILES string of the molecule is CC(C)Cc1nc(-c2cccs2)nc(N)c1Br. The zero-order valence-corrected chi connectivity index (χ0v) is 12.2. The van der Waals surface area contributed by atoms with E-state index < -0.39 is 0 Å². The lowest BCUT2D eigenvalue weighted by Crippen LogP contribution is -2.05. The summed E-state index contributed by atoms with van der Waals surface area (Å²) in [5, 5.41) is 2.01. The van der Waals surface area contributed by atoms with Crippen LogP contribution in [0.1, 0.15) is 19.5 Å². The lowest BCUT2D eigenvalue weighted by Gasteiger charge is -2.09. The third-order valence-corrected chi connectivity index (χ3v) is 4.02. The zero-order chi connectivity index (χ0) is 12.4. The van der Waals surface area contributed by atoms with Crippen LogP contribution in [0.3, 0.4) is 0 Å². The second kappa shape index (κ2) is 5.14. The average molecular weight is 312 g/mol. The molecule has 2 aromatic rings. The Balaban J connectivity index is 2.46. The Morgan fingerprint density at radius 1 is 1.41 bits per heavy atom. The molecule has 2 aromatic heterocycles. The molecular weight excluding hydrogens is 298 g/mol. The molecule has 0 spiro atoms. The van der Waals surface area contributed by atoms with Gasteiger partial charge in [-0.1, -0.05) is 19.9 Å². The van der Waals surface area contributed by atoms with Gasteiger partial charge in [0.25, 0.3) is 0 Å². The summed E-state index contributed by atoms with van der Waals surface area (Å²) in [6.07, 6.45) is 0.895. The van der Waals surface area contributed by atoms with Crippen molar-refractivity contribution in [3.8, 4) is 10.7 Å². The van der Waals surface area contributed by atoms with Crippen LogP contribution in [-0.2, 0) is 6.42 Å². The van der Waals surface area contributed by atoms with Crippen molar-refractivity contribution in [2.75, 3.05) is 5.73 Å². The van der Waals surface area contributed by atoms with Gasteiger partial charge < -0.3 is 5.73 Å². The van der Waals surface area contributed by atoms with E-state index in [2.05, 4.69) is 39.7 Å². The molecule has 0 saturated heterocycles. The Kier molecular flexibility index (Phi) is 3.79. The lowest BCUT2D eigenvalue weighted by molar-refractivity contribution is 0.633. The highest BCUT2D eigenvalue weighted by atomic mass is 79.9. The average Bonchev–Trinajstić information content (AvgIpc) is 2.77. The van der Waals surface area contributed by atoms with E-state index in [1.165, 1.54) is 0 Å². The Labute approximate surface area is 113 Å². The van der Waals surface area contributed by atoms with Crippen molar-refractivity contribution in [1.82, 2.24) is 9.97 Å². The molecular formula is C12H14BrN3S. The first-order chi connectivity index (χ1) is 8.08. The van der Waals surface area contributed by atoms with Crippen LogP contribution in [0.4, 0.5) is 5.82 Å². The van der Waals surface area contributed by atoms with Crippen molar-refractivity contribution < 1.29 is 0 Å². The number of hydrogen-bond acceptors (Lipinski definition) is 4. The van der Waals surface area contributed by atoms with Crippen molar-refractivity contribution in [2.24, 2.45) is 5.92 Å². The summed E-state index contributed by atoms with van der Waals surface area (Å²) in [6, 6.07) is 4.00. The number of nitrogen functional groups attached to an aromatic ring is 1. The van der Waals surface area contributed by atoms with Gasteiger partial charge in [-0.25, -0.2) is 9.97 Å². The highest BCUT2D eigenvalue weighted by molar-refractivity contribution is 9.10. The minimum Gasteiger partial charge on any atom is -0.383 e. The van der Waals surface area contributed by atoms with E-state index in [0.717, 1.165) is 27.3 Å². The monoisotopic (exact) mass is 311 g/mol. The quantitative estimate of drug-likeness (QED) is 0.939. The van der Waals surface area contributed by atoms with E-state index in [1.807, 2.05) is 17.5 Å². The lowest BCUT2D eigenvalue weighted by atomic mass is 10.1. The summed E-state index contributed by atoms with van der Waals surface area (Å²) in [6.45, 7) is 4.32. The maximum absolute atomic E-state index is 5.91. The van der Waals surface area contributed by atoms with Crippen LogP contribution in [0, 0.1) is 5.92 Å². The second-order valence-electron chi connectivity index (χ2n) is 4.27. The molecule has 0 fully saturated rings. The van der Waals surface area contributed by atoms with E-state index in [9.17, 15) is 0 Å². The molecule has 0 radical (unpaired) electrons. The summed E-state index contributed by atoms with van der Waals surface area (Å²) in [5.41, 5.74) is 6.89. The summed E-state index contributed by atoms with van der Waals surface area (Å²) in [7, 11) is 0. The molecule has 0 bridgehead atoms. The van der Waals surface area contributed by atoms with Crippen molar-refractivity contribution >= 4 is 33.1 Å². The van der Waals surface area contributed by atoms with E-state index in [4.69, 9.17) is 5.73 Å². The number of thiophene rings is 1. The highest BCUT2D eigenvalue weighted by Crippen LogP contribution is 2.28. The molecule has 5 heteroatoms. The van der Waals surface area contributed by atoms with Gasteiger partial charge in [0.05, 0.1) is 15.0 Å². The zero-order valence-electron chi connectivity index (χ0n) is 9.77. The number of halogens is 1. The Hall–Kier alpha value is -0.940. The fraction of sp³-hybridized carbons (Fsp3) is 0.333. The standard InChI is InChI=1S/C12H14BrN3S/c1-7(2)6-8-10(13)11(14)16-12(15-8)9-4-3-5-17-9/h3-5,7H,6H2,1-2H3,(H2,14,15,16). The largest absolute Gasteiger partial charge is 0.383 e. The number of hydrogen-bond donors (Lipinski definition) is 1. The van der Waals surface area contributed by atoms with Crippen molar-refractivity contribution in [2.45, 2.75) is 20.3 Å². The first-order valence-electron chi connectivity index (χ1n) is 5.43. The van der Waals surface area contributed by atoms with Gasteiger partial charge in [-0.15, -0.1) is 11.3 Å². The normalized spacial score (nSPS) is 11.1. The molecule has 0 saturated carbocycles. The predicted octanol–water partition coefficient (Wildman–Crippen LogP) is 3.75. The molecule has 0 aliphatic rings. The molecule has 0 aromatic carbocycles. The van der Waals surface area contributed by atoms with Gasteiger partial charge in [-0.05, 0) is 39.7 Å². The molecule has 2 heterocycles. The van der Waals surface area contributed by atoms with Crippen LogP contribution in [0.2, 0.25) is 0 Å². The smallest absolute Gasteiger partial charge is 0.171 e. The van der Waals surface area contributed by atoms with Crippen molar-refractivity contribution in [3.05, 3.63) is 27.7 Å². The summed E-state index contributed by atoms with van der Waals surface area (Å²) in [4.78, 5) is 9.95. The van der Waals surface area contributed by atoms with Gasteiger partial charge in [0.2, 0.25) is 0 Å². The third-order valence-electron chi connectivity index (χ3n) is 2.29. The second-order valence-corrected chi connectivity index (χ2v) is 6.01. The molecule has 90 valence electrons. The first-order valence-corrected chi connectivity index (χ1v) is 7.11. The fourth-order valence-electron chi connectivity index (χ4n) is 1.55. The number of nitrogens with two attached hydrogens (primary N) is 1. The van der Waals surface area contributed by atoms with Crippen LogP contribution in [0.5, 0.6) is 0 Å². The van der Waals surface area contributed by atoms with E-state index >= 15 is 0 Å². The van der Waals surface area contributed by atoms with Gasteiger partial charge in [-0.3, -0.25) is 0 Å². The Bertz CT molecular complexity index is 509. The summed E-state index contributed by atoms with van der Waals surface area (Å²) < 4.78 is 0.825. The number of rotatable bonds is 3. The molecule has 17 heavy (non-hydrogen) atoms. The van der Waals surface area contributed by atoms with Crippen molar-refractivity contribution in [3.63, 3.8) is 0 Å². The molecule has 0 unspecified atom stereocenters. The van der Waals surface area contributed by atoms with E-state index in [1.54, 1.807) is 11.3 Å². The van der Waals surface area contributed by atoms with Crippen LogP contribution in [0.25, 0.3) is 10.7 Å². The van der Waals surface area contributed by atoms with Crippen molar-refractivity contribution in [1.29, 1.82) is 0 Å². The number of aromatic nitrogens is 2. The predicted molar refractivity (Wildman–Crippen MR) is 76.0 cm³/mol. The molecule has 2 rings (SSSR count). The highest BCUT2D eigenvalue weighted by Gasteiger charge is 2.13. The van der Waals surface area contributed by atoms with Crippen LogP contribution in [-0.4, -0.2) is 9.97 Å². The summed E-state index contributed by atoms with van der Waals surface area (Å²) >= 11 is 5.08. The number of nitrogens with zero attached hydrogens (tertiary/aromatic N) is 2. The van der Waals surface area contributed by atoms with Crippen LogP contribution in [0.15, 0.2) is 22.0 Å². The maximum atomic E-state index is 5.91. The number of anilines is 1. The van der Waals surface area contributed by atoms with Gasteiger partial charge in [0.1, 0.15) is 5.82 Å². The van der Waals surface area contributed by atoms with Gasteiger partial charge in [0.15, 0.2) is 5.82 Å². The van der Waals surface area contributed by atoms with E-state index in [0.29, 0.717) is 11.7 Å². The Morgan fingerprint density at radius 3 is 2.76 bits per heavy atom. The molecule has 0 aliphatic heterocycles. The van der Waals surface area contributed by atoms with E-state index in [-0.39, 0.29) is 0 Å². The van der Waals surface area contributed by atoms with Crippen LogP contribution >= 0.6 is 27.3 Å². The fourth-order valence-corrected chi connectivity index (χ4v) is 2.55. The van der Waals surface area contributed by atoms with Crippen LogP contribution < -0.4 is 5.73 Å². The molecule has 0 aliphatic carbocycles. The maximum Gasteiger partial charge on any atom is 0.171 e. The third kappa shape index (κ3) is 2.84. The van der Waals surface area contributed by atoms with Gasteiger partial charge in [-0.2, -0.15) is 0 Å². The van der Waals surface area contributed by atoms with Gasteiger partial charge in [0, 0.05) is 0 Å². The minimum atomic E-state index is 0.513. The minimum absolute atomic E-state index is 0.513. The topological polar surface area (TPSA) is 51.8 Å². The Morgan fingerprint density at radius 2 is 2.18 bits per heavy atom. The van der Waals surface area contributed by atoms with Gasteiger partial charge >= 0.3 is 0 Å². The molecule has 0 atom stereocenters. The molecule has 0 amide bonds. The molecule has 2 N–H and O–H groups in total. The molecule has 3 nitrogen and oxygen atoms in total.